The van der Waals surface area contributed by atoms with Crippen LogP contribution in [0.1, 0.15) is 41.4 Å². The van der Waals surface area contributed by atoms with E-state index in [1.807, 2.05) is 29.7 Å². The molecule has 2 N–H and O–H groups in total. The molecular formula is C25H29ClN6O2. The lowest BCUT2D eigenvalue weighted by Gasteiger charge is -2.27. The fourth-order valence-corrected chi connectivity index (χ4v) is 4.74. The summed E-state index contributed by atoms with van der Waals surface area (Å²) in [6.45, 7) is 7.82. The van der Waals surface area contributed by atoms with Crippen molar-refractivity contribution in [2.24, 2.45) is 0 Å². The van der Waals surface area contributed by atoms with Crippen molar-refractivity contribution < 1.29 is 9.59 Å². The molecule has 9 heteroatoms. The second-order valence-corrected chi connectivity index (χ2v) is 9.03. The summed E-state index contributed by atoms with van der Waals surface area (Å²) in [7, 11) is 1.61. The van der Waals surface area contributed by atoms with Crippen molar-refractivity contribution in [2.75, 3.05) is 32.0 Å². The molecule has 2 amide bonds. The van der Waals surface area contributed by atoms with Crippen LogP contribution < -0.4 is 10.6 Å². The minimum Gasteiger partial charge on any atom is -0.355 e. The number of carbonyl (C=O) groups excluding carboxylic acids is 2. The van der Waals surface area contributed by atoms with Gasteiger partial charge in [-0.25, -0.2) is 4.98 Å². The number of nitrogens with one attached hydrogen (secondary N) is 2. The third kappa shape index (κ3) is 5.13. The summed E-state index contributed by atoms with van der Waals surface area (Å²) in [6, 6.07) is 9.02. The van der Waals surface area contributed by atoms with Crippen LogP contribution >= 0.6 is 11.6 Å². The molecule has 1 saturated heterocycles. The number of likely N-dealkylation sites (N-methyl/N-ethyl adjacent to an activating group) is 1. The number of rotatable bonds is 6. The fraction of sp³-hybridized carbons (Fsp3) is 0.360. The van der Waals surface area contributed by atoms with E-state index >= 15 is 0 Å². The lowest BCUT2D eigenvalue weighted by Crippen LogP contribution is -2.35. The highest BCUT2D eigenvalue weighted by atomic mass is 35.5. The van der Waals surface area contributed by atoms with Crippen LogP contribution in [-0.4, -0.2) is 57.9 Å². The molecule has 0 saturated carbocycles. The highest BCUT2D eigenvalue weighted by molar-refractivity contribution is 6.35. The second-order valence-electron chi connectivity index (χ2n) is 8.62. The molecule has 3 aromatic rings. The van der Waals surface area contributed by atoms with Crippen LogP contribution in [0.4, 0.5) is 5.95 Å². The molecule has 4 rings (SSSR count). The number of hydrogen-bond donors (Lipinski definition) is 2. The maximum absolute atomic E-state index is 13.1. The number of amides is 2. The summed E-state index contributed by atoms with van der Waals surface area (Å²) in [5.41, 5.74) is 3.32. The molecule has 0 spiro atoms. The van der Waals surface area contributed by atoms with Gasteiger partial charge >= 0.3 is 0 Å². The summed E-state index contributed by atoms with van der Waals surface area (Å²) >= 11 is 6.63. The van der Waals surface area contributed by atoms with E-state index < -0.39 is 0 Å². The first-order valence-electron chi connectivity index (χ1n) is 11.4. The quantitative estimate of drug-likeness (QED) is 0.521. The number of carbonyl (C=O) groups is 2. The van der Waals surface area contributed by atoms with Crippen molar-refractivity contribution in [2.45, 2.75) is 32.2 Å². The standard InChI is InChI=1S/C25H29ClN6O2/c1-16(23(33)27-3)14-31-12-5-4-7-19(15-31)32-22-20(26)8-6-9-21(22)29-25(32)30-24(34)18-10-11-28-17(2)13-18/h6,8-11,13,19H,1,4-5,7,12,14-15H2,2-3H3,(H,27,33)(H,29,30,34)/t19-/m1/s1. The van der Waals surface area contributed by atoms with Gasteiger partial charge in [-0.3, -0.25) is 24.8 Å². The third-order valence-electron chi connectivity index (χ3n) is 6.10. The Kier molecular flexibility index (Phi) is 7.29. The summed E-state index contributed by atoms with van der Waals surface area (Å²) < 4.78 is 2.05. The van der Waals surface area contributed by atoms with Gasteiger partial charge < -0.3 is 9.88 Å². The van der Waals surface area contributed by atoms with E-state index in [9.17, 15) is 9.59 Å². The molecule has 1 fully saturated rings. The van der Waals surface area contributed by atoms with Gasteiger partial charge in [0.2, 0.25) is 11.9 Å². The zero-order chi connectivity index (χ0) is 24.2. The number of pyridine rings is 1. The number of nitrogens with zero attached hydrogens (tertiary/aromatic N) is 4. The Morgan fingerprint density at radius 3 is 2.85 bits per heavy atom. The maximum Gasteiger partial charge on any atom is 0.258 e. The highest BCUT2D eigenvalue weighted by Crippen LogP contribution is 2.34. The van der Waals surface area contributed by atoms with Gasteiger partial charge in [0.1, 0.15) is 0 Å². The van der Waals surface area contributed by atoms with Gasteiger partial charge in [0.05, 0.1) is 16.1 Å². The van der Waals surface area contributed by atoms with Gasteiger partial charge in [0, 0.05) is 49.2 Å². The summed E-state index contributed by atoms with van der Waals surface area (Å²) in [4.78, 5) is 36.2. The van der Waals surface area contributed by atoms with E-state index in [0.29, 0.717) is 35.2 Å². The molecule has 178 valence electrons. The molecule has 34 heavy (non-hydrogen) atoms. The number of halogens is 1. The molecular weight excluding hydrogens is 452 g/mol. The van der Waals surface area contributed by atoms with Gasteiger partial charge in [0.25, 0.3) is 5.91 Å². The van der Waals surface area contributed by atoms with Gasteiger partial charge in [0.15, 0.2) is 0 Å². The summed E-state index contributed by atoms with van der Waals surface area (Å²) in [6.07, 6.45) is 4.54. The SMILES string of the molecule is C=C(CN1CCCC[C@@H](n2c(NC(=O)c3ccnc(C)c3)nc3cccc(Cl)c32)C1)C(=O)NC. The molecule has 2 aromatic heterocycles. The molecule has 1 atom stereocenters. The van der Waals surface area contributed by atoms with Crippen LogP contribution in [0.2, 0.25) is 5.02 Å². The van der Waals surface area contributed by atoms with Crippen molar-refractivity contribution in [1.82, 2.24) is 24.8 Å². The predicted octanol–water partition coefficient (Wildman–Crippen LogP) is 3.97. The van der Waals surface area contributed by atoms with E-state index in [0.717, 1.165) is 42.5 Å². The van der Waals surface area contributed by atoms with Crippen molar-refractivity contribution >= 4 is 40.4 Å². The van der Waals surface area contributed by atoms with E-state index in [1.165, 1.54) is 0 Å². The highest BCUT2D eigenvalue weighted by Gasteiger charge is 2.27. The Morgan fingerprint density at radius 2 is 2.09 bits per heavy atom. The van der Waals surface area contributed by atoms with E-state index in [4.69, 9.17) is 16.6 Å². The first-order valence-corrected chi connectivity index (χ1v) is 11.8. The zero-order valence-electron chi connectivity index (χ0n) is 19.5. The monoisotopic (exact) mass is 480 g/mol. The summed E-state index contributed by atoms with van der Waals surface area (Å²) in [5, 5.41) is 6.22. The third-order valence-corrected chi connectivity index (χ3v) is 6.41. The Balaban J connectivity index is 1.69. The number of likely N-dealkylation sites (tertiary alicyclic amines) is 1. The van der Waals surface area contributed by atoms with E-state index in [1.54, 1.807) is 25.4 Å². The average molecular weight is 481 g/mol. The first-order chi connectivity index (χ1) is 16.4. The number of hydrogen-bond acceptors (Lipinski definition) is 5. The molecule has 1 aliphatic rings. The molecule has 3 heterocycles. The fourth-order valence-electron chi connectivity index (χ4n) is 4.48. The Bertz CT molecular complexity index is 1240. The first kappa shape index (κ1) is 23.9. The molecule has 0 unspecified atom stereocenters. The van der Waals surface area contributed by atoms with Crippen LogP contribution in [0.25, 0.3) is 11.0 Å². The van der Waals surface area contributed by atoms with E-state index in [-0.39, 0.29) is 17.9 Å². The number of anilines is 1. The number of para-hydroxylation sites is 1. The van der Waals surface area contributed by atoms with Crippen LogP contribution in [0.5, 0.6) is 0 Å². The Morgan fingerprint density at radius 1 is 1.26 bits per heavy atom. The van der Waals surface area contributed by atoms with Crippen LogP contribution in [0.3, 0.4) is 0 Å². The smallest absolute Gasteiger partial charge is 0.258 e. The Labute approximate surface area is 204 Å². The Hall–Kier alpha value is -3.23. The zero-order valence-corrected chi connectivity index (χ0v) is 20.2. The van der Waals surface area contributed by atoms with Crippen LogP contribution in [0, 0.1) is 6.92 Å². The molecule has 0 aliphatic carbocycles. The molecule has 8 nitrogen and oxygen atoms in total. The molecule has 0 radical (unpaired) electrons. The molecule has 1 aromatic carbocycles. The lowest BCUT2D eigenvalue weighted by molar-refractivity contribution is -0.117. The van der Waals surface area contributed by atoms with E-state index in [2.05, 4.69) is 27.1 Å². The van der Waals surface area contributed by atoms with Crippen LogP contribution in [-0.2, 0) is 4.79 Å². The van der Waals surface area contributed by atoms with Crippen LogP contribution in [0.15, 0.2) is 48.7 Å². The number of aryl methyl sites for hydroxylation is 1. The summed E-state index contributed by atoms with van der Waals surface area (Å²) in [5.74, 6) is 0.0497. The van der Waals surface area contributed by atoms with Gasteiger partial charge in [-0.15, -0.1) is 0 Å². The minimum absolute atomic E-state index is 0.0133. The van der Waals surface area contributed by atoms with Gasteiger partial charge in [-0.2, -0.15) is 0 Å². The lowest BCUT2D eigenvalue weighted by atomic mass is 10.1. The van der Waals surface area contributed by atoms with Crippen molar-refractivity contribution in [3.05, 3.63) is 65.0 Å². The number of aromatic nitrogens is 3. The van der Waals surface area contributed by atoms with Gasteiger partial charge in [-0.1, -0.05) is 30.7 Å². The largest absolute Gasteiger partial charge is 0.355 e. The minimum atomic E-state index is -0.253. The number of benzene rings is 1. The van der Waals surface area contributed by atoms with Gasteiger partial charge in [-0.05, 0) is 50.6 Å². The second kappa shape index (κ2) is 10.4. The molecule has 0 bridgehead atoms. The molecule has 1 aliphatic heterocycles. The average Bonchev–Trinajstić information content (AvgIpc) is 3.03. The van der Waals surface area contributed by atoms with Crippen molar-refractivity contribution in [3.8, 4) is 0 Å². The van der Waals surface area contributed by atoms with Crippen molar-refractivity contribution in [1.29, 1.82) is 0 Å². The predicted molar refractivity (Wildman–Crippen MR) is 134 cm³/mol. The normalized spacial score (nSPS) is 16.7. The number of fused-ring (bicyclic) bond motifs is 1. The maximum atomic E-state index is 13.1. The topological polar surface area (TPSA) is 92.2 Å². The number of imidazole rings is 1. The van der Waals surface area contributed by atoms with Crippen molar-refractivity contribution in [3.63, 3.8) is 0 Å².